The van der Waals surface area contributed by atoms with Gasteiger partial charge in [0.1, 0.15) is 0 Å². The van der Waals surface area contributed by atoms with Crippen LogP contribution in [-0.4, -0.2) is 0 Å². The van der Waals surface area contributed by atoms with E-state index in [1.807, 2.05) is 0 Å². The van der Waals surface area contributed by atoms with E-state index in [0.29, 0.717) is 0 Å². The summed E-state index contributed by atoms with van der Waals surface area (Å²) in [6.45, 7) is 0. The van der Waals surface area contributed by atoms with Crippen LogP contribution in [0.3, 0.4) is 0 Å². The normalized spacial score (nSPS) is 16.2. The fourth-order valence-electron chi connectivity index (χ4n) is 2.48. The van der Waals surface area contributed by atoms with Gasteiger partial charge >= 0.3 is 0 Å². The lowest BCUT2D eigenvalue weighted by atomic mass is 9.93. The second kappa shape index (κ2) is 6.21. The summed E-state index contributed by atoms with van der Waals surface area (Å²) in [5, 5.41) is 0. The van der Waals surface area contributed by atoms with Gasteiger partial charge in [0.15, 0.2) is 0 Å². The Morgan fingerprint density at radius 3 is 2.30 bits per heavy atom. The molecule has 0 heterocycles. The summed E-state index contributed by atoms with van der Waals surface area (Å²) in [5.74, 6) is 0. The standard InChI is InChI=1S/C20H18/c1-3-8-17(9-4-1)14-15-18-10-7-13-20(16-18)19-11-5-2-6-12-19/h1-13,15H,14,16H2. The average molecular weight is 258 g/mol. The molecular formula is C20H18. The predicted octanol–water partition coefficient (Wildman–Crippen LogP) is 5.20. The van der Waals surface area contributed by atoms with Crippen LogP contribution in [0.15, 0.2) is 90.5 Å². The Morgan fingerprint density at radius 2 is 1.55 bits per heavy atom. The van der Waals surface area contributed by atoms with Crippen molar-refractivity contribution in [3.05, 3.63) is 102 Å². The summed E-state index contributed by atoms with van der Waals surface area (Å²) in [6, 6.07) is 21.2. The number of allylic oxidation sites excluding steroid dienone is 6. The molecule has 20 heavy (non-hydrogen) atoms. The second-order valence-electron chi connectivity index (χ2n) is 5.06. The molecule has 2 aromatic rings. The van der Waals surface area contributed by atoms with Crippen LogP contribution >= 0.6 is 0 Å². The summed E-state index contributed by atoms with van der Waals surface area (Å²) in [5.41, 5.74) is 5.48. The quantitative estimate of drug-likeness (QED) is 0.710. The van der Waals surface area contributed by atoms with Crippen molar-refractivity contribution in [2.75, 3.05) is 0 Å². The molecule has 2 aromatic carbocycles. The van der Waals surface area contributed by atoms with Gasteiger partial charge in [-0.15, -0.1) is 0 Å². The molecule has 0 unspecified atom stereocenters. The van der Waals surface area contributed by atoms with Crippen LogP contribution in [0.4, 0.5) is 0 Å². The maximum absolute atomic E-state index is 2.34. The fraction of sp³-hybridized carbons (Fsp3) is 0.100. The highest BCUT2D eigenvalue weighted by molar-refractivity contribution is 5.71. The Hall–Kier alpha value is -2.34. The van der Waals surface area contributed by atoms with Gasteiger partial charge in [0, 0.05) is 0 Å². The molecule has 0 aromatic heterocycles. The lowest BCUT2D eigenvalue weighted by Gasteiger charge is -2.12. The number of benzene rings is 2. The summed E-state index contributed by atoms with van der Waals surface area (Å²) < 4.78 is 0. The van der Waals surface area contributed by atoms with Crippen LogP contribution in [0.1, 0.15) is 17.5 Å². The smallest absolute Gasteiger partial charge is 0.00229 e. The molecule has 0 aliphatic heterocycles. The van der Waals surface area contributed by atoms with Gasteiger partial charge in [-0.3, -0.25) is 0 Å². The van der Waals surface area contributed by atoms with E-state index in [9.17, 15) is 0 Å². The molecule has 0 nitrogen and oxygen atoms in total. The van der Waals surface area contributed by atoms with Crippen molar-refractivity contribution in [2.24, 2.45) is 0 Å². The lowest BCUT2D eigenvalue weighted by Crippen LogP contribution is -1.92. The molecule has 0 N–H and O–H groups in total. The summed E-state index contributed by atoms with van der Waals surface area (Å²) in [7, 11) is 0. The molecular weight excluding hydrogens is 240 g/mol. The summed E-state index contributed by atoms with van der Waals surface area (Å²) >= 11 is 0. The van der Waals surface area contributed by atoms with E-state index in [4.69, 9.17) is 0 Å². The number of hydrogen-bond donors (Lipinski definition) is 0. The summed E-state index contributed by atoms with van der Waals surface area (Å²) in [4.78, 5) is 0. The van der Waals surface area contributed by atoms with Crippen LogP contribution in [0.25, 0.3) is 5.57 Å². The highest BCUT2D eigenvalue weighted by Crippen LogP contribution is 2.26. The molecule has 1 aliphatic rings. The monoisotopic (exact) mass is 258 g/mol. The van der Waals surface area contributed by atoms with Crippen LogP contribution < -0.4 is 0 Å². The zero-order valence-corrected chi connectivity index (χ0v) is 11.5. The van der Waals surface area contributed by atoms with Gasteiger partial charge in [0.05, 0.1) is 0 Å². The van der Waals surface area contributed by atoms with Crippen LogP contribution in [0, 0.1) is 0 Å². The molecule has 98 valence electrons. The Balaban J connectivity index is 1.72. The number of hydrogen-bond acceptors (Lipinski definition) is 0. The van der Waals surface area contributed by atoms with Gasteiger partial charge in [0.2, 0.25) is 0 Å². The Bertz CT molecular complexity index is 643. The molecule has 0 atom stereocenters. The van der Waals surface area contributed by atoms with E-state index in [-0.39, 0.29) is 0 Å². The maximum atomic E-state index is 2.34. The van der Waals surface area contributed by atoms with Gasteiger partial charge in [0.25, 0.3) is 0 Å². The number of rotatable bonds is 3. The molecule has 0 bridgehead atoms. The first-order valence-electron chi connectivity index (χ1n) is 7.07. The van der Waals surface area contributed by atoms with Crippen molar-refractivity contribution in [3.8, 4) is 0 Å². The highest BCUT2D eigenvalue weighted by Gasteiger charge is 2.06. The van der Waals surface area contributed by atoms with E-state index >= 15 is 0 Å². The van der Waals surface area contributed by atoms with Gasteiger partial charge < -0.3 is 0 Å². The topological polar surface area (TPSA) is 0 Å². The largest absolute Gasteiger partial charge is 0.0766 e. The van der Waals surface area contributed by atoms with Gasteiger partial charge in [-0.25, -0.2) is 0 Å². The second-order valence-corrected chi connectivity index (χ2v) is 5.06. The molecule has 0 radical (unpaired) electrons. The Labute approximate surface area is 120 Å². The van der Waals surface area contributed by atoms with Gasteiger partial charge in [-0.1, -0.05) is 85.0 Å². The van der Waals surface area contributed by atoms with Crippen molar-refractivity contribution in [2.45, 2.75) is 12.8 Å². The molecule has 0 spiro atoms. The van der Waals surface area contributed by atoms with Gasteiger partial charge in [-0.2, -0.15) is 0 Å². The molecule has 0 fully saturated rings. The Kier molecular flexibility index (Phi) is 3.93. The van der Waals surface area contributed by atoms with Crippen molar-refractivity contribution in [1.29, 1.82) is 0 Å². The highest BCUT2D eigenvalue weighted by atomic mass is 14.1. The van der Waals surface area contributed by atoms with E-state index in [0.717, 1.165) is 12.8 Å². The maximum Gasteiger partial charge on any atom is -0.00229 e. The molecule has 0 amide bonds. The minimum atomic E-state index is 1.00. The molecule has 0 saturated heterocycles. The first kappa shape index (κ1) is 12.7. The van der Waals surface area contributed by atoms with E-state index < -0.39 is 0 Å². The molecule has 1 aliphatic carbocycles. The van der Waals surface area contributed by atoms with Crippen LogP contribution in [0.2, 0.25) is 0 Å². The first-order valence-corrected chi connectivity index (χ1v) is 7.07. The zero-order chi connectivity index (χ0) is 13.6. The minimum absolute atomic E-state index is 1.00. The van der Waals surface area contributed by atoms with Crippen molar-refractivity contribution < 1.29 is 0 Å². The first-order chi connectivity index (χ1) is 9.92. The summed E-state index contributed by atoms with van der Waals surface area (Å²) in [6.07, 6.45) is 10.9. The van der Waals surface area contributed by atoms with Crippen molar-refractivity contribution in [3.63, 3.8) is 0 Å². The van der Waals surface area contributed by atoms with E-state index in [1.165, 1.54) is 22.3 Å². The molecule has 0 heteroatoms. The van der Waals surface area contributed by atoms with Gasteiger partial charge in [-0.05, 0) is 35.1 Å². The van der Waals surface area contributed by atoms with E-state index in [1.54, 1.807) is 0 Å². The zero-order valence-electron chi connectivity index (χ0n) is 11.5. The fourth-order valence-corrected chi connectivity index (χ4v) is 2.48. The predicted molar refractivity (Wildman–Crippen MR) is 86.4 cm³/mol. The SMILES string of the molecule is C1=CC(=CCc2ccccc2)CC(c2ccccc2)=C1. The third-order valence-electron chi connectivity index (χ3n) is 3.59. The van der Waals surface area contributed by atoms with E-state index in [2.05, 4.69) is 85.0 Å². The third-order valence-corrected chi connectivity index (χ3v) is 3.59. The molecule has 0 saturated carbocycles. The van der Waals surface area contributed by atoms with Crippen LogP contribution in [0.5, 0.6) is 0 Å². The van der Waals surface area contributed by atoms with Crippen LogP contribution in [-0.2, 0) is 6.42 Å². The Morgan fingerprint density at radius 1 is 0.850 bits per heavy atom. The minimum Gasteiger partial charge on any atom is -0.0766 e. The average Bonchev–Trinajstić information content (AvgIpc) is 2.55. The van der Waals surface area contributed by atoms with Crippen molar-refractivity contribution >= 4 is 5.57 Å². The van der Waals surface area contributed by atoms with Crippen molar-refractivity contribution in [1.82, 2.24) is 0 Å². The molecule has 3 rings (SSSR count). The lowest BCUT2D eigenvalue weighted by molar-refractivity contribution is 1.19. The third kappa shape index (κ3) is 3.16.